The van der Waals surface area contributed by atoms with Crippen molar-refractivity contribution >= 4 is 45.0 Å². The van der Waals surface area contributed by atoms with E-state index in [1.807, 2.05) is 0 Å². The van der Waals surface area contributed by atoms with E-state index >= 15 is 0 Å². The summed E-state index contributed by atoms with van der Waals surface area (Å²) in [5.74, 6) is -0.431. The Bertz CT molecular complexity index is 1160. The molecule has 0 aliphatic heterocycles. The van der Waals surface area contributed by atoms with Crippen molar-refractivity contribution in [2.24, 2.45) is 0 Å². The molecule has 10 heteroatoms. The molecule has 196 valence electrons. The molecule has 1 fully saturated rings. The van der Waals surface area contributed by atoms with Gasteiger partial charge in [0.25, 0.3) is 0 Å². The van der Waals surface area contributed by atoms with Crippen molar-refractivity contribution in [2.45, 2.75) is 69.0 Å². The molecule has 3 rings (SSSR count). The molecule has 2 amide bonds. The van der Waals surface area contributed by atoms with Crippen molar-refractivity contribution in [1.29, 1.82) is 0 Å². The summed E-state index contributed by atoms with van der Waals surface area (Å²) in [7, 11) is -2.14. The van der Waals surface area contributed by atoms with Gasteiger partial charge in [-0.05, 0) is 56.0 Å². The maximum Gasteiger partial charge on any atom is 0.242 e. The fraction of sp³-hybridized carbons (Fsp3) is 0.462. The summed E-state index contributed by atoms with van der Waals surface area (Å²) >= 11 is 12.2. The fourth-order valence-electron chi connectivity index (χ4n) is 4.30. The lowest BCUT2D eigenvalue weighted by molar-refractivity contribution is -0.141. The van der Waals surface area contributed by atoms with Crippen molar-refractivity contribution in [3.63, 3.8) is 0 Å². The molecule has 0 spiro atoms. The van der Waals surface area contributed by atoms with E-state index in [9.17, 15) is 18.0 Å². The Hall–Kier alpha value is -2.13. The number of rotatable bonds is 11. The minimum Gasteiger partial charge on any atom is -0.352 e. The van der Waals surface area contributed by atoms with E-state index in [0.29, 0.717) is 16.5 Å². The zero-order valence-electron chi connectivity index (χ0n) is 20.6. The van der Waals surface area contributed by atoms with Crippen LogP contribution in [0.2, 0.25) is 10.0 Å². The van der Waals surface area contributed by atoms with Gasteiger partial charge in [-0.15, -0.1) is 0 Å². The third-order valence-electron chi connectivity index (χ3n) is 6.52. The molecule has 1 aliphatic rings. The first-order valence-corrected chi connectivity index (χ1v) is 14.3. The average molecular weight is 555 g/mol. The number of carbonyl (C=O) groups is 2. The second-order valence-electron chi connectivity index (χ2n) is 9.18. The van der Waals surface area contributed by atoms with E-state index in [2.05, 4.69) is 5.32 Å². The third kappa shape index (κ3) is 7.44. The first kappa shape index (κ1) is 28.4. The molecule has 0 aromatic heterocycles. The maximum absolute atomic E-state index is 13.3. The molecular formula is C26H33Cl2N3O4S. The monoisotopic (exact) mass is 553 g/mol. The van der Waals surface area contributed by atoms with Gasteiger partial charge in [-0.25, -0.2) is 12.7 Å². The van der Waals surface area contributed by atoms with E-state index in [-0.39, 0.29) is 42.3 Å². The highest BCUT2D eigenvalue weighted by Crippen LogP contribution is 2.24. The molecule has 1 atom stereocenters. The van der Waals surface area contributed by atoms with Crippen LogP contribution in [0.1, 0.15) is 51.0 Å². The van der Waals surface area contributed by atoms with Crippen molar-refractivity contribution < 1.29 is 18.0 Å². The number of sulfonamides is 1. The fourth-order valence-corrected chi connectivity index (χ4v) is 5.85. The number of benzene rings is 2. The molecule has 0 heterocycles. The van der Waals surface area contributed by atoms with Crippen LogP contribution in [0.4, 0.5) is 0 Å². The number of nitrogens with one attached hydrogen (secondary N) is 1. The van der Waals surface area contributed by atoms with Crippen LogP contribution in [0.25, 0.3) is 0 Å². The van der Waals surface area contributed by atoms with Crippen molar-refractivity contribution in [2.75, 3.05) is 13.6 Å². The molecule has 1 saturated carbocycles. The minimum atomic E-state index is -3.64. The molecule has 0 saturated heterocycles. The first-order valence-electron chi connectivity index (χ1n) is 12.1. The summed E-state index contributed by atoms with van der Waals surface area (Å²) in [6.45, 7) is 2.07. The second-order valence-corrected chi connectivity index (χ2v) is 12.0. The first-order chi connectivity index (χ1) is 17.1. The van der Waals surface area contributed by atoms with Crippen LogP contribution in [-0.2, 0) is 26.2 Å². The van der Waals surface area contributed by atoms with E-state index < -0.39 is 16.1 Å². The molecule has 2 aromatic carbocycles. The summed E-state index contributed by atoms with van der Waals surface area (Å²) in [5, 5.41) is 3.85. The van der Waals surface area contributed by atoms with Crippen LogP contribution < -0.4 is 5.32 Å². The smallest absolute Gasteiger partial charge is 0.242 e. The molecule has 0 unspecified atom stereocenters. The highest BCUT2D eigenvalue weighted by molar-refractivity contribution is 7.89. The number of nitrogens with zero attached hydrogens (tertiary/aromatic N) is 2. The summed E-state index contributed by atoms with van der Waals surface area (Å²) in [4.78, 5) is 28.0. The third-order valence-corrected chi connectivity index (χ3v) is 9.13. The van der Waals surface area contributed by atoms with Gasteiger partial charge in [0.1, 0.15) is 6.04 Å². The Morgan fingerprint density at radius 1 is 1.06 bits per heavy atom. The van der Waals surface area contributed by atoms with Crippen molar-refractivity contribution in [1.82, 2.24) is 14.5 Å². The molecule has 0 bridgehead atoms. The van der Waals surface area contributed by atoms with Crippen LogP contribution >= 0.6 is 23.2 Å². The molecule has 0 radical (unpaired) electrons. The lowest BCUT2D eigenvalue weighted by Gasteiger charge is -2.30. The van der Waals surface area contributed by atoms with Crippen LogP contribution in [-0.4, -0.2) is 55.1 Å². The highest BCUT2D eigenvalue weighted by Gasteiger charge is 2.29. The predicted molar refractivity (Wildman–Crippen MR) is 142 cm³/mol. The molecule has 2 aromatic rings. The van der Waals surface area contributed by atoms with Gasteiger partial charge in [-0.2, -0.15) is 0 Å². The van der Waals surface area contributed by atoms with Gasteiger partial charge in [0.15, 0.2) is 0 Å². The topological polar surface area (TPSA) is 86.8 Å². The number of hydrogen-bond donors (Lipinski definition) is 1. The van der Waals surface area contributed by atoms with Gasteiger partial charge in [-0.3, -0.25) is 9.59 Å². The van der Waals surface area contributed by atoms with Crippen LogP contribution in [0.3, 0.4) is 0 Å². The maximum atomic E-state index is 13.3. The minimum absolute atomic E-state index is 0.0943. The number of carbonyl (C=O) groups excluding carboxylic acids is 2. The normalized spacial score (nSPS) is 15.1. The second kappa shape index (κ2) is 12.9. The standard InChI is InChI=1S/C26H33Cl2N3O4S/c1-19(26(33)29-21-9-6-7-10-21)31(18-20-14-15-23(27)24(28)17-20)25(32)13-8-16-30(2)36(34,35)22-11-4-3-5-12-22/h3-5,11-12,14-15,17,19,21H,6-10,13,16,18H2,1-2H3,(H,29,33)/t19-/m1/s1. The number of amides is 2. The highest BCUT2D eigenvalue weighted by atomic mass is 35.5. The van der Waals surface area contributed by atoms with Gasteiger partial charge >= 0.3 is 0 Å². The number of halogens is 2. The van der Waals surface area contributed by atoms with Crippen molar-refractivity contribution in [3.05, 3.63) is 64.1 Å². The van der Waals surface area contributed by atoms with Gasteiger partial charge < -0.3 is 10.2 Å². The molecule has 1 aliphatic carbocycles. The lowest BCUT2D eigenvalue weighted by atomic mass is 10.1. The Kier molecular flexibility index (Phi) is 10.2. The summed E-state index contributed by atoms with van der Waals surface area (Å²) < 4.78 is 26.8. The summed E-state index contributed by atoms with van der Waals surface area (Å²) in [6.07, 6.45) is 4.48. The Labute approximate surface area is 223 Å². The van der Waals surface area contributed by atoms with Crippen LogP contribution in [0, 0.1) is 0 Å². The largest absolute Gasteiger partial charge is 0.352 e. The number of hydrogen-bond acceptors (Lipinski definition) is 4. The zero-order valence-corrected chi connectivity index (χ0v) is 23.0. The van der Waals surface area contributed by atoms with Gasteiger partial charge in [0.2, 0.25) is 21.8 Å². The Balaban J connectivity index is 1.67. The van der Waals surface area contributed by atoms with E-state index in [0.717, 1.165) is 31.2 Å². The predicted octanol–water partition coefficient (Wildman–Crippen LogP) is 4.87. The van der Waals surface area contributed by atoms with Gasteiger partial charge in [0, 0.05) is 32.6 Å². The van der Waals surface area contributed by atoms with Gasteiger partial charge in [-0.1, -0.05) is 60.3 Å². The quantitative estimate of drug-likeness (QED) is 0.430. The summed E-state index contributed by atoms with van der Waals surface area (Å²) in [6, 6.07) is 12.7. The Morgan fingerprint density at radius 2 is 1.72 bits per heavy atom. The van der Waals surface area contributed by atoms with E-state index in [4.69, 9.17) is 23.2 Å². The lowest BCUT2D eigenvalue weighted by Crippen LogP contribution is -2.49. The van der Waals surface area contributed by atoms with Crippen LogP contribution in [0.5, 0.6) is 0 Å². The van der Waals surface area contributed by atoms with Gasteiger partial charge in [0.05, 0.1) is 14.9 Å². The Morgan fingerprint density at radius 3 is 2.36 bits per heavy atom. The zero-order chi connectivity index (χ0) is 26.3. The molecular weight excluding hydrogens is 521 g/mol. The SMILES string of the molecule is C[C@H](C(=O)NC1CCCC1)N(Cc1ccc(Cl)c(Cl)c1)C(=O)CCCN(C)S(=O)(=O)c1ccccc1. The molecule has 1 N–H and O–H groups in total. The average Bonchev–Trinajstić information content (AvgIpc) is 3.37. The molecule has 7 nitrogen and oxygen atoms in total. The summed E-state index contributed by atoms with van der Waals surface area (Å²) in [5.41, 5.74) is 0.752. The van der Waals surface area contributed by atoms with E-state index in [1.54, 1.807) is 55.5 Å². The van der Waals surface area contributed by atoms with Crippen LogP contribution in [0.15, 0.2) is 53.4 Å². The van der Waals surface area contributed by atoms with Crippen molar-refractivity contribution in [3.8, 4) is 0 Å². The van der Waals surface area contributed by atoms with E-state index in [1.165, 1.54) is 16.3 Å². The molecule has 36 heavy (non-hydrogen) atoms.